The molecule has 3 heterocycles. The van der Waals surface area contributed by atoms with Crippen LogP contribution in [0.15, 0.2) is 36.8 Å². The van der Waals surface area contributed by atoms with Gasteiger partial charge in [0.1, 0.15) is 5.82 Å². The molecule has 1 fully saturated rings. The summed E-state index contributed by atoms with van der Waals surface area (Å²) in [6, 6.07) is 5.62. The van der Waals surface area contributed by atoms with Crippen LogP contribution in [0.25, 0.3) is 5.69 Å². The van der Waals surface area contributed by atoms with Gasteiger partial charge in [0.25, 0.3) is 0 Å². The molecule has 136 valence electrons. The van der Waals surface area contributed by atoms with E-state index >= 15 is 0 Å². The second kappa shape index (κ2) is 7.36. The quantitative estimate of drug-likeness (QED) is 0.739. The molecule has 26 heavy (non-hydrogen) atoms. The fraction of sp³-hybridized carbons (Fsp3) is 0.353. The molecule has 0 amide bonds. The summed E-state index contributed by atoms with van der Waals surface area (Å²) in [7, 11) is 2.02. The van der Waals surface area contributed by atoms with Gasteiger partial charge in [-0.2, -0.15) is 0 Å². The van der Waals surface area contributed by atoms with Crippen LogP contribution < -0.4 is 5.32 Å². The van der Waals surface area contributed by atoms with E-state index in [4.69, 9.17) is 23.2 Å². The fourth-order valence-electron chi connectivity index (χ4n) is 3.22. The minimum Gasteiger partial charge on any atom is -0.337 e. The highest BCUT2D eigenvalue weighted by Gasteiger charge is 2.27. The van der Waals surface area contributed by atoms with Gasteiger partial charge in [-0.1, -0.05) is 28.4 Å². The minimum absolute atomic E-state index is 0.207. The molecule has 0 bridgehead atoms. The van der Waals surface area contributed by atoms with E-state index in [0.29, 0.717) is 16.6 Å². The largest absolute Gasteiger partial charge is 0.337 e. The Morgan fingerprint density at radius 2 is 2.15 bits per heavy atom. The molecule has 1 N–H and O–H groups in total. The van der Waals surface area contributed by atoms with Crippen LogP contribution in [0.5, 0.6) is 0 Å². The molecule has 1 saturated heterocycles. The molecule has 1 aromatic carbocycles. The molecule has 0 saturated carbocycles. The highest BCUT2D eigenvalue weighted by Crippen LogP contribution is 2.25. The smallest absolute Gasteiger partial charge is 0.127 e. The van der Waals surface area contributed by atoms with E-state index in [2.05, 4.69) is 30.1 Å². The number of hydrogen-bond donors (Lipinski definition) is 1. The van der Waals surface area contributed by atoms with E-state index in [1.54, 1.807) is 16.8 Å². The maximum Gasteiger partial charge on any atom is 0.127 e. The molecule has 1 aliphatic rings. The van der Waals surface area contributed by atoms with Crippen molar-refractivity contribution in [3.05, 3.63) is 58.4 Å². The second-order valence-corrected chi connectivity index (χ2v) is 7.15. The van der Waals surface area contributed by atoms with Gasteiger partial charge in [-0.3, -0.25) is 4.90 Å². The highest BCUT2D eigenvalue weighted by molar-refractivity contribution is 6.42. The first kappa shape index (κ1) is 17.5. The van der Waals surface area contributed by atoms with Crippen molar-refractivity contribution in [2.45, 2.75) is 12.6 Å². The molecule has 1 aliphatic heterocycles. The lowest BCUT2D eigenvalue weighted by atomic mass is 10.1. The Morgan fingerprint density at radius 3 is 2.92 bits per heavy atom. The van der Waals surface area contributed by atoms with Gasteiger partial charge in [-0.25, -0.2) is 9.67 Å². The van der Waals surface area contributed by atoms with Gasteiger partial charge in [0, 0.05) is 45.6 Å². The number of aromatic nitrogens is 5. The van der Waals surface area contributed by atoms with E-state index in [1.807, 2.05) is 31.7 Å². The van der Waals surface area contributed by atoms with Crippen LogP contribution in [0.1, 0.15) is 17.6 Å². The summed E-state index contributed by atoms with van der Waals surface area (Å²) in [6.45, 7) is 3.45. The molecular formula is C17H19Cl2N7. The van der Waals surface area contributed by atoms with Crippen molar-refractivity contribution in [2.75, 3.05) is 19.6 Å². The van der Waals surface area contributed by atoms with Crippen LogP contribution in [0.4, 0.5) is 0 Å². The number of benzene rings is 1. The van der Waals surface area contributed by atoms with Crippen LogP contribution in [0.2, 0.25) is 10.0 Å². The number of aryl methyl sites for hydroxylation is 1. The molecule has 9 heteroatoms. The Morgan fingerprint density at radius 1 is 1.27 bits per heavy atom. The van der Waals surface area contributed by atoms with Gasteiger partial charge in [-0.15, -0.1) is 5.10 Å². The first-order chi connectivity index (χ1) is 12.6. The van der Waals surface area contributed by atoms with Crippen LogP contribution in [-0.2, 0) is 13.6 Å². The molecular weight excluding hydrogens is 373 g/mol. The van der Waals surface area contributed by atoms with Crippen LogP contribution >= 0.6 is 23.2 Å². The second-order valence-electron chi connectivity index (χ2n) is 6.34. The molecule has 0 radical (unpaired) electrons. The monoisotopic (exact) mass is 391 g/mol. The van der Waals surface area contributed by atoms with Crippen LogP contribution in [0.3, 0.4) is 0 Å². The lowest BCUT2D eigenvalue weighted by Crippen LogP contribution is -2.46. The summed E-state index contributed by atoms with van der Waals surface area (Å²) >= 11 is 12.1. The predicted octanol–water partition coefficient (Wildman–Crippen LogP) is 2.45. The van der Waals surface area contributed by atoms with Crippen molar-refractivity contribution in [3.63, 3.8) is 0 Å². The Kier molecular flexibility index (Phi) is 4.95. The average molecular weight is 392 g/mol. The van der Waals surface area contributed by atoms with Crippen molar-refractivity contribution in [3.8, 4) is 5.69 Å². The summed E-state index contributed by atoms with van der Waals surface area (Å²) in [6.07, 6.45) is 5.74. The molecule has 7 nitrogen and oxygen atoms in total. The van der Waals surface area contributed by atoms with Crippen molar-refractivity contribution in [2.24, 2.45) is 7.05 Å². The number of imidazole rings is 1. The zero-order chi connectivity index (χ0) is 18.1. The zero-order valence-corrected chi connectivity index (χ0v) is 15.8. The Labute approximate surface area is 161 Å². The molecule has 4 rings (SSSR count). The van der Waals surface area contributed by atoms with Crippen LogP contribution in [-0.4, -0.2) is 49.1 Å². The Balaban J connectivity index is 1.54. The average Bonchev–Trinajstić information content (AvgIpc) is 3.27. The van der Waals surface area contributed by atoms with Gasteiger partial charge < -0.3 is 9.88 Å². The summed E-state index contributed by atoms with van der Waals surface area (Å²) in [5.74, 6) is 1.05. The summed E-state index contributed by atoms with van der Waals surface area (Å²) in [5.41, 5.74) is 1.73. The molecule has 2 aromatic heterocycles. The maximum absolute atomic E-state index is 6.10. The Hall–Kier alpha value is -1.93. The molecule has 0 spiro atoms. The Bertz CT molecular complexity index is 904. The van der Waals surface area contributed by atoms with Gasteiger partial charge >= 0.3 is 0 Å². The van der Waals surface area contributed by atoms with Crippen molar-refractivity contribution >= 4 is 23.2 Å². The van der Waals surface area contributed by atoms with E-state index in [9.17, 15) is 0 Å². The standard InChI is InChI=1S/C17H19Cl2N7/c1-24-6-5-21-17(24)16-9-20-4-7-25(16)10-12-11-26(23-22-12)13-2-3-14(18)15(19)8-13/h2-3,5-6,8,11,16,20H,4,7,9-10H2,1H3. The maximum atomic E-state index is 6.10. The van der Waals surface area contributed by atoms with E-state index in [-0.39, 0.29) is 6.04 Å². The van der Waals surface area contributed by atoms with Gasteiger partial charge in [0.05, 0.1) is 33.7 Å². The molecule has 1 unspecified atom stereocenters. The highest BCUT2D eigenvalue weighted by atomic mass is 35.5. The van der Waals surface area contributed by atoms with Crippen molar-refractivity contribution in [1.29, 1.82) is 0 Å². The predicted molar refractivity (Wildman–Crippen MR) is 101 cm³/mol. The molecule has 3 aromatic rings. The lowest BCUT2D eigenvalue weighted by molar-refractivity contribution is 0.143. The first-order valence-corrected chi connectivity index (χ1v) is 9.16. The van der Waals surface area contributed by atoms with Gasteiger partial charge in [-0.05, 0) is 18.2 Å². The van der Waals surface area contributed by atoms with Gasteiger partial charge in [0.2, 0.25) is 0 Å². The third kappa shape index (κ3) is 3.48. The van der Waals surface area contributed by atoms with Gasteiger partial charge in [0.15, 0.2) is 0 Å². The number of hydrogen-bond acceptors (Lipinski definition) is 5. The zero-order valence-electron chi connectivity index (χ0n) is 14.3. The van der Waals surface area contributed by atoms with Crippen molar-refractivity contribution in [1.82, 2.24) is 34.8 Å². The summed E-state index contributed by atoms with van der Waals surface area (Å²) in [5, 5.41) is 13.0. The first-order valence-electron chi connectivity index (χ1n) is 8.40. The number of nitrogens with one attached hydrogen (secondary N) is 1. The number of halogens is 2. The molecule has 1 atom stereocenters. The number of piperazine rings is 1. The third-order valence-corrected chi connectivity index (χ3v) is 5.32. The van der Waals surface area contributed by atoms with Crippen molar-refractivity contribution < 1.29 is 0 Å². The summed E-state index contributed by atoms with van der Waals surface area (Å²) in [4.78, 5) is 6.89. The SMILES string of the molecule is Cn1ccnc1C1CNCCN1Cc1cn(-c2ccc(Cl)c(Cl)c2)nn1. The summed E-state index contributed by atoms with van der Waals surface area (Å²) < 4.78 is 3.78. The third-order valence-electron chi connectivity index (χ3n) is 4.58. The lowest BCUT2D eigenvalue weighted by Gasteiger charge is -2.35. The fourth-order valence-corrected chi connectivity index (χ4v) is 3.51. The molecule has 0 aliphatic carbocycles. The minimum atomic E-state index is 0.207. The van der Waals surface area contributed by atoms with E-state index in [1.165, 1.54) is 0 Å². The van der Waals surface area contributed by atoms with Crippen LogP contribution in [0, 0.1) is 0 Å². The topological polar surface area (TPSA) is 63.8 Å². The number of nitrogens with zero attached hydrogens (tertiary/aromatic N) is 6. The van der Waals surface area contributed by atoms with E-state index < -0.39 is 0 Å². The van der Waals surface area contributed by atoms with E-state index in [0.717, 1.165) is 36.8 Å². The normalized spacial score (nSPS) is 18.3. The number of rotatable bonds is 4.